The Morgan fingerprint density at radius 3 is 2.95 bits per heavy atom. The Hall–Kier alpha value is -1.63. The lowest BCUT2D eigenvalue weighted by Crippen LogP contribution is -2.31. The fourth-order valence-corrected chi connectivity index (χ4v) is 2.78. The van der Waals surface area contributed by atoms with Crippen LogP contribution in [0.15, 0.2) is 4.79 Å². The van der Waals surface area contributed by atoms with Crippen LogP contribution < -0.4 is 5.69 Å². The number of fused-ring (bicyclic) bond motifs is 1. The van der Waals surface area contributed by atoms with E-state index in [9.17, 15) is 9.59 Å². The highest BCUT2D eigenvalue weighted by Gasteiger charge is 2.31. The molecule has 0 bridgehead atoms. The number of carboxylic acid groups (broad SMARTS) is 1. The molecule has 1 aromatic heterocycles. The molecule has 0 saturated carbocycles. The van der Waals surface area contributed by atoms with Crippen molar-refractivity contribution in [3.8, 4) is 0 Å². The van der Waals surface area contributed by atoms with Crippen molar-refractivity contribution >= 4 is 5.97 Å². The van der Waals surface area contributed by atoms with Gasteiger partial charge in [0.15, 0.2) is 6.10 Å². The van der Waals surface area contributed by atoms with E-state index in [-0.39, 0.29) is 11.8 Å². The fourth-order valence-electron chi connectivity index (χ4n) is 2.78. The fraction of sp³-hybridized carbons (Fsp3) is 0.750. The van der Waals surface area contributed by atoms with E-state index < -0.39 is 12.1 Å². The molecule has 7 heteroatoms. The van der Waals surface area contributed by atoms with Gasteiger partial charge in [-0.2, -0.15) is 5.10 Å². The van der Waals surface area contributed by atoms with Crippen molar-refractivity contribution < 1.29 is 14.6 Å². The summed E-state index contributed by atoms with van der Waals surface area (Å²) in [4.78, 5) is 22.9. The van der Waals surface area contributed by atoms with Gasteiger partial charge in [0.05, 0.1) is 12.6 Å². The van der Waals surface area contributed by atoms with Crippen LogP contribution in [0.1, 0.15) is 31.5 Å². The molecule has 7 nitrogen and oxygen atoms in total. The Morgan fingerprint density at radius 1 is 1.42 bits per heavy atom. The van der Waals surface area contributed by atoms with Gasteiger partial charge in [0.2, 0.25) is 0 Å². The topological polar surface area (TPSA) is 86.4 Å². The Balaban J connectivity index is 1.73. The van der Waals surface area contributed by atoms with Crippen LogP contribution in [0.25, 0.3) is 0 Å². The largest absolute Gasteiger partial charge is 0.479 e. The first-order valence-corrected chi connectivity index (χ1v) is 6.70. The highest BCUT2D eigenvalue weighted by Crippen LogP contribution is 2.21. The predicted molar refractivity (Wildman–Crippen MR) is 65.0 cm³/mol. The number of hydrogen-bond donors (Lipinski definition) is 1. The summed E-state index contributed by atoms with van der Waals surface area (Å²) in [7, 11) is 0. The van der Waals surface area contributed by atoms with E-state index >= 15 is 0 Å². The van der Waals surface area contributed by atoms with E-state index in [0.29, 0.717) is 19.4 Å². The molecule has 2 aliphatic heterocycles. The van der Waals surface area contributed by atoms with Crippen LogP contribution in [0.5, 0.6) is 0 Å². The molecule has 1 aromatic rings. The minimum Gasteiger partial charge on any atom is -0.479 e. The van der Waals surface area contributed by atoms with Gasteiger partial charge in [0.1, 0.15) is 5.82 Å². The average molecular weight is 267 g/mol. The van der Waals surface area contributed by atoms with Crippen LogP contribution in [0.4, 0.5) is 0 Å². The first-order valence-electron chi connectivity index (χ1n) is 6.70. The number of rotatable bonds is 3. The zero-order chi connectivity index (χ0) is 13.4. The molecule has 104 valence electrons. The van der Waals surface area contributed by atoms with Gasteiger partial charge in [0, 0.05) is 13.0 Å². The van der Waals surface area contributed by atoms with Crippen molar-refractivity contribution in [2.24, 2.45) is 0 Å². The molecule has 0 aliphatic carbocycles. The maximum Gasteiger partial charge on any atom is 0.346 e. The van der Waals surface area contributed by atoms with Gasteiger partial charge in [0.25, 0.3) is 0 Å². The first-order chi connectivity index (χ1) is 9.15. The lowest BCUT2D eigenvalue weighted by molar-refractivity contribution is -0.149. The van der Waals surface area contributed by atoms with Crippen molar-refractivity contribution in [1.29, 1.82) is 0 Å². The van der Waals surface area contributed by atoms with Crippen LogP contribution in [0.2, 0.25) is 0 Å². The number of aliphatic carboxylic acids is 1. The first kappa shape index (κ1) is 12.4. The summed E-state index contributed by atoms with van der Waals surface area (Å²) in [5, 5.41) is 13.2. The molecule has 0 radical (unpaired) electrons. The van der Waals surface area contributed by atoms with Gasteiger partial charge < -0.3 is 9.84 Å². The van der Waals surface area contributed by atoms with Crippen molar-refractivity contribution in [1.82, 2.24) is 14.3 Å². The zero-order valence-corrected chi connectivity index (χ0v) is 10.6. The van der Waals surface area contributed by atoms with Crippen LogP contribution in [0.3, 0.4) is 0 Å². The summed E-state index contributed by atoms with van der Waals surface area (Å²) in [5.41, 5.74) is -0.0999. The zero-order valence-electron chi connectivity index (χ0n) is 10.6. The second-order valence-electron chi connectivity index (χ2n) is 5.15. The lowest BCUT2D eigenvalue weighted by atomic mass is 10.2. The lowest BCUT2D eigenvalue weighted by Gasteiger charge is -2.10. The average Bonchev–Trinajstić information content (AvgIpc) is 2.97. The Labute approximate surface area is 109 Å². The number of nitrogens with zero attached hydrogens (tertiary/aromatic N) is 3. The van der Waals surface area contributed by atoms with Gasteiger partial charge in [-0.1, -0.05) is 0 Å². The maximum atomic E-state index is 12.1. The third-order valence-corrected chi connectivity index (χ3v) is 3.79. The molecule has 1 N–H and O–H groups in total. The second-order valence-corrected chi connectivity index (χ2v) is 5.15. The molecule has 3 heterocycles. The number of ether oxygens (including phenoxy) is 1. The summed E-state index contributed by atoms with van der Waals surface area (Å²) < 4.78 is 8.55. The van der Waals surface area contributed by atoms with Crippen LogP contribution in [-0.4, -0.2) is 37.6 Å². The predicted octanol–water partition coefficient (Wildman–Crippen LogP) is 0.0133. The molecule has 2 aliphatic rings. The Kier molecular flexibility index (Phi) is 3.14. The quantitative estimate of drug-likeness (QED) is 0.834. The maximum absolute atomic E-state index is 12.1. The second kappa shape index (κ2) is 4.80. The SMILES string of the molecule is O=C(O)C1CCC(Cn2nc3n(c2=O)CCCC3)O1. The number of aromatic nitrogens is 3. The molecular formula is C12H17N3O4. The van der Waals surface area contributed by atoms with Crippen LogP contribution >= 0.6 is 0 Å². The van der Waals surface area contributed by atoms with Crippen molar-refractivity contribution in [3.05, 3.63) is 16.3 Å². The molecule has 19 heavy (non-hydrogen) atoms. The summed E-state index contributed by atoms with van der Waals surface area (Å²) in [6.07, 6.45) is 3.12. The Morgan fingerprint density at radius 2 is 2.26 bits per heavy atom. The molecule has 2 unspecified atom stereocenters. The molecule has 3 rings (SSSR count). The van der Waals surface area contributed by atoms with Gasteiger partial charge in [-0.25, -0.2) is 14.3 Å². The summed E-state index contributed by atoms with van der Waals surface area (Å²) in [6, 6.07) is 0. The third-order valence-electron chi connectivity index (χ3n) is 3.79. The number of carboxylic acids is 1. The summed E-state index contributed by atoms with van der Waals surface area (Å²) in [6.45, 7) is 1.08. The van der Waals surface area contributed by atoms with Crippen LogP contribution in [-0.2, 0) is 29.0 Å². The van der Waals surface area contributed by atoms with E-state index in [1.54, 1.807) is 4.57 Å². The van der Waals surface area contributed by atoms with E-state index in [0.717, 1.165) is 31.6 Å². The number of hydrogen-bond acceptors (Lipinski definition) is 4. The minimum atomic E-state index is -0.931. The summed E-state index contributed by atoms with van der Waals surface area (Å²) >= 11 is 0. The molecular weight excluding hydrogens is 250 g/mol. The smallest absolute Gasteiger partial charge is 0.346 e. The van der Waals surface area contributed by atoms with E-state index in [4.69, 9.17) is 9.84 Å². The monoisotopic (exact) mass is 267 g/mol. The molecule has 1 fully saturated rings. The molecule has 0 spiro atoms. The minimum absolute atomic E-state index is 0.0999. The summed E-state index contributed by atoms with van der Waals surface area (Å²) in [5.74, 6) is -0.0944. The standard InChI is InChI=1S/C12H17N3O4/c16-11(17)9-5-4-8(19-9)7-15-12(18)14-6-2-1-3-10(14)13-15/h8-9H,1-7H2,(H,16,17). The van der Waals surface area contributed by atoms with E-state index in [1.807, 2.05) is 0 Å². The third kappa shape index (κ3) is 2.30. The number of carbonyl (C=O) groups is 1. The molecule has 1 saturated heterocycles. The van der Waals surface area contributed by atoms with Gasteiger partial charge in [-0.05, 0) is 25.7 Å². The van der Waals surface area contributed by atoms with Gasteiger partial charge in [-0.15, -0.1) is 0 Å². The van der Waals surface area contributed by atoms with Crippen molar-refractivity contribution in [3.63, 3.8) is 0 Å². The highest BCUT2D eigenvalue weighted by molar-refractivity contribution is 5.72. The number of aryl methyl sites for hydroxylation is 1. The van der Waals surface area contributed by atoms with E-state index in [1.165, 1.54) is 4.68 Å². The van der Waals surface area contributed by atoms with Gasteiger partial charge >= 0.3 is 11.7 Å². The van der Waals surface area contributed by atoms with Crippen molar-refractivity contribution in [2.45, 2.75) is 57.4 Å². The Bertz CT molecular complexity index is 548. The highest BCUT2D eigenvalue weighted by atomic mass is 16.5. The van der Waals surface area contributed by atoms with Crippen LogP contribution in [0, 0.1) is 0 Å². The molecule has 0 amide bonds. The molecule has 0 aromatic carbocycles. The van der Waals surface area contributed by atoms with Gasteiger partial charge in [-0.3, -0.25) is 4.57 Å². The van der Waals surface area contributed by atoms with E-state index in [2.05, 4.69) is 5.10 Å². The molecule has 2 atom stereocenters. The van der Waals surface area contributed by atoms with Crippen molar-refractivity contribution in [2.75, 3.05) is 0 Å². The normalized spacial score (nSPS) is 26.3.